The predicted octanol–water partition coefficient (Wildman–Crippen LogP) is 5.16. The van der Waals surface area contributed by atoms with E-state index in [0.29, 0.717) is 29.2 Å². The third-order valence-electron chi connectivity index (χ3n) is 6.15. The molecule has 0 spiro atoms. The van der Waals surface area contributed by atoms with E-state index in [1.165, 1.54) is 7.11 Å². The molecule has 2 N–H and O–H groups in total. The van der Waals surface area contributed by atoms with Gasteiger partial charge in [-0.1, -0.05) is 38.1 Å². The molecule has 0 fully saturated rings. The number of urea groups is 1. The van der Waals surface area contributed by atoms with Crippen molar-refractivity contribution < 1.29 is 23.9 Å². The van der Waals surface area contributed by atoms with E-state index in [9.17, 15) is 14.4 Å². The van der Waals surface area contributed by atoms with E-state index in [-0.39, 0.29) is 17.9 Å². The first-order valence-corrected chi connectivity index (χ1v) is 11.6. The van der Waals surface area contributed by atoms with Crippen LogP contribution < -0.4 is 15.4 Å². The van der Waals surface area contributed by atoms with Crippen LogP contribution in [-0.4, -0.2) is 43.1 Å². The molecule has 0 aliphatic carbocycles. The maximum absolute atomic E-state index is 13.0. The number of amides is 3. The van der Waals surface area contributed by atoms with Crippen molar-refractivity contribution in [3.05, 3.63) is 77.9 Å². The third-order valence-corrected chi connectivity index (χ3v) is 6.15. The fourth-order valence-corrected chi connectivity index (χ4v) is 4.37. The van der Waals surface area contributed by atoms with Gasteiger partial charge in [0.1, 0.15) is 11.8 Å². The number of nitrogens with one attached hydrogen (secondary N) is 2. The topological polar surface area (TPSA) is 97.0 Å². The Balaban J connectivity index is 1.45. The summed E-state index contributed by atoms with van der Waals surface area (Å²) in [5.41, 5.74) is 4.61. The first kappa shape index (κ1) is 24.8. The summed E-state index contributed by atoms with van der Waals surface area (Å²) in [7, 11) is 2.91. The maximum Gasteiger partial charge on any atom is 0.328 e. The van der Waals surface area contributed by atoms with E-state index < -0.39 is 12.0 Å². The number of nitrogens with zero attached hydrogens (tertiary/aromatic N) is 1. The Morgan fingerprint density at radius 2 is 1.58 bits per heavy atom. The summed E-state index contributed by atoms with van der Waals surface area (Å²) in [5, 5.41) is 5.59. The van der Waals surface area contributed by atoms with E-state index in [4.69, 9.17) is 9.47 Å². The summed E-state index contributed by atoms with van der Waals surface area (Å²) >= 11 is 0. The molecule has 0 saturated carbocycles. The number of fused-ring (bicyclic) bond motifs is 1. The fraction of sp³-hybridized carbons (Fsp3) is 0.250. The molecular formula is C28H29N3O5. The summed E-state index contributed by atoms with van der Waals surface area (Å²) in [6, 6.07) is 19.2. The summed E-state index contributed by atoms with van der Waals surface area (Å²) in [6.45, 7) is 4.15. The van der Waals surface area contributed by atoms with Crippen LogP contribution in [0.4, 0.5) is 16.2 Å². The van der Waals surface area contributed by atoms with Gasteiger partial charge in [-0.3, -0.25) is 4.79 Å². The van der Waals surface area contributed by atoms with Crippen molar-refractivity contribution in [2.45, 2.75) is 26.4 Å². The van der Waals surface area contributed by atoms with Gasteiger partial charge in [-0.15, -0.1) is 0 Å². The van der Waals surface area contributed by atoms with Crippen molar-refractivity contribution in [3.63, 3.8) is 0 Å². The molecule has 36 heavy (non-hydrogen) atoms. The normalized spacial score (nSPS) is 13.2. The summed E-state index contributed by atoms with van der Waals surface area (Å²) in [4.78, 5) is 39.2. The van der Waals surface area contributed by atoms with Gasteiger partial charge in [0.25, 0.3) is 5.91 Å². The van der Waals surface area contributed by atoms with Crippen LogP contribution >= 0.6 is 0 Å². The summed E-state index contributed by atoms with van der Waals surface area (Å²) < 4.78 is 10.1. The monoisotopic (exact) mass is 487 g/mol. The third kappa shape index (κ3) is 5.17. The lowest BCUT2D eigenvalue weighted by Crippen LogP contribution is -2.45. The molecule has 0 saturated heterocycles. The van der Waals surface area contributed by atoms with E-state index in [1.54, 1.807) is 42.3 Å². The summed E-state index contributed by atoms with van der Waals surface area (Å²) in [6.07, 6.45) is 0. The lowest BCUT2D eigenvalue weighted by molar-refractivity contribution is -0.147. The Kier molecular flexibility index (Phi) is 7.24. The average molecular weight is 488 g/mol. The molecule has 0 radical (unpaired) electrons. The zero-order valence-electron chi connectivity index (χ0n) is 20.7. The number of carbonyl (C=O) groups excluding carboxylic acids is 3. The molecule has 186 valence electrons. The Bertz CT molecular complexity index is 1290. The van der Waals surface area contributed by atoms with Crippen LogP contribution in [0.5, 0.6) is 5.75 Å². The largest absolute Gasteiger partial charge is 0.497 e. The lowest BCUT2D eigenvalue weighted by Gasteiger charge is -2.28. The van der Waals surface area contributed by atoms with Crippen LogP contribution in [0.15, 0.2) is 66.7 Å². The molecule has 1 aliphatic rings. The molecule has 1 aliphatic heterocycles. The molecule has 1 atom stereocenters. The number of esters is 1. The molecule has 8 heteroatoms. The second kappa shape index (κ2) is 10.5. The van der Waals surface area contributed by atoms with Crippen molar-refractivity contribution in [1.29, 1.82) is 0 Å². The molecular weight excluding hydrogens is 458 g/mol. The summed E-state index contributed by atoms with van der Waals surface area (Å²) in [5.74, 6) is 0.00448. The van der Waals surface area contributed by atoms with Crippen LogP contribution in [0.25, 0.3) is 11.1 Å². The van der Waals surface area contributed by atoms with Gasteiger partial charge >= 0.3 is 12.0 Å². The molecule has 3 aromatic carbocycles. The van der Waals surface area contributed by atoms with Gasteiger partial charge in [0.2, 0.25) is 0 Å². The van der Waals surface area contributed by atoms with Crippen molar-refractivity contribution in [2.24, 2.45) is 5.92 Å². The van der Waals surface area contributed by atoms with Crippen molar-refractivity contribution in [1.82, 2.24) is 4.90 Å². The second-order valence-corrected chi connectivity index (χ2v) is 8.91. The van der Waals surface area contributed by atoms with Crippen LogP contribution in [0, 0.1) is 5.92 Å². The van der Waals surface area contributed by atoms with Crippen molar-refractivity contribution >= 4 is 29.3 Å². The molecule has 0 bridgehead atoms. The first-order valence-electron chi connectivity index (χ1n) is 11.6. The van der Waals surface area contributed by atoms with Crippen LogP contribution in [0.1, 0.15) is 29.8 Å². The predicted molar refractivity (Wildman–Crippen MR) is 138 cm³/mol. The molecule has 1 heterocycles. The standard InChI is InChI=1S/C28H29N3O5/c1-17(2)25(27(33)36-4)31-16-20-14-19(10-13-24(20)26(31)32)18-8-11-21(12-9-18)29-28(34)30-22-6-5-7-23(15-22)35-3/h5-15,17,25H,16H2,1-4H3,(H2,29,30,34). The van der Waals surface area contributed by atoms with Gasteiger partial charge in [-0.2, -0.15) is 0 Å². The Hall–Kier alpha value is -4.33. The van der Waals surface area contributed by atoms with Crippen molar-refractivity contribution in [3.8, 4) is 16.9 Å². The van der Waals surface area contributed by atoms with Crippen molar-refractivity contribution in [2.75, 3.05) is 24.9 Å². The molecule has 1 unspecified atom stereocenters. The van der Waals surface area contributed by atoms with Gasteiger partial charge in [0.05, 0.1) is 14.2 Å². The average Bonchev–Trinajstić information content (AvgIpc) is 3.19. The highest BCUT2D eigenvalue weighted by Crippen LogP contribution is 2.32. The van der Waals surface area contributed by atoms with E-state index >= 15 is 0 Å². The minimum absolute atomic E-state index is 0.0728. The van der Waals surface area contributed by atoms with Crippen LogP contribution in [0.2, 0.25) is 0 Å². The van der Waals surface area contributed by atoms with Gasteiger partial charge in [-0.05, 0) is 59.0 Å². The van der Waals surface area contributed by atoms with Crippen LogP contribution in [-0.2, 0) is 16.1 Å². The highest BCUT2D eigenvalue weighted by atomic mass is 16.5. The number of hydrogen-bond acceptors (Lipinski definition) is 5. The van der Waals surface area contributed by atoms with E-state index in [0.717, 1.165) is 16.7 Å². The zero-order valence-corrected chi connectivity index (χ0v) is 20.7. The van der Waals surface area contributed by atoms with E-state index in [1.807, 2.05) is 50.2 Å². The highest BCUT2D eigenvalue weighted by molar-refractivity contribution is 6.01. The van der Waals surface area contributed by atoms with E-state index in [2.05, 4.69) is 10.6 Å². The zero-order chi connectivity index (χ0) is 25.8. The number of benzene rings is 3. The SMILES string of the molecule is COC(=O)C(C(C)C)N1Cc2cc(-c3ccc(NC(=O)Nc4cccc(OC)c4)cc3)ccc2C1=O. The Labute approximate surface area is 210 Å². The number of rotatable bonds is 7. The minimum Gasteiger partial charge on any atom is -0.497 e. The first-order chi connectivity index (χ1) is 17.3. The van der Waals surface area contributed by atoms with Gasteiger partial charge in [0.15, 0.2) is 0 Å². The quantitative estimate of drug-likeness (QED) is 0.449. The van der Waals surface area contributed by atoms with Gasteiger partial charge in [-0.25, -0.2) is 9.59 Å². The van der Waals surface area contributed by atoms with Gasteiger partial charge in [0, 0.05) is 29.5 Å². The lowest BCUT2D eigenvalue weighted by atomic mass is 10.0. The Morgan fingerprint density at radius 3 is 2.25 bits per heavy atom. The molecule has 8 nitrogen and oxygen atoms in total. The molecule has 0 aromatic heterocycles. The number of hydrogen-bond donors (Lipinski definition) is 2. The highest BCUT2D eigenvalue weighted by Gasteiger charge is 2.38. The molecule has 4 rings (SSSR count). The number of methoxy groups -OCH3 is 2. The molecule has 3 amide bonds. The maximum atomic E-state index is 13.0. The van der Waals surface area contributed by atoms with Crippen LogP contribution in [0.3, 0.4) is 0 Å². The second-order valence-electron chi connectivity index (χ2n) is 8.91. The Morgan fingerprint density at radius 1 is 0.889 bits per heavy atom. The number of anilines is 2. The fourth-order valence-electron chi connectivity index (χ4n) is 4.37. The number of carbonyl (C=O) groups is 3. The minimum atomic E-state index is -0.633. The van der Waals surface area contributed by atoms with Gasteiger partial charge < -0.3 is 25.0 Å². The number of ether oxygens (including phenoxy) is 2. The smallest absolute Gasteiger partial charge is 0.328 e. The molecule has 3 aromatic rings.